The van der Waals surface area contributed by atoms with Crippen molar-refractivity contribution in [3.05, 3.63) is 34.1 Å². The first-order chi connectivity index (χ1) is 8.06. The molecule has 0 aliphatic heterocycles. The topological polar surface area (TPSA) is 49.3 Å². The third-order valence-electron chi connectivity index (χ3n) is 3.17. The van der Waals surface area contributed by atoms with Gasteiger partial charge in [0.25, 0.3) is 5.91 Å². The zero-order valence-electron chi connectivity index (χ0n) is 9.17. The molecule has 0 bridgehead atoms. The number of nitrogens with one attached hydrogen (secondary N) is 1. The lowest BCUT2D eigenvalue weighted by Crippen LogP contribution is -2.56. The van der Waals surface area contributed by atoms with Crippen LogP contribution in [0.3, 0.4) is 0 Å². The molecule has 1 saturated carbocycles. The van der Waals surface area contributed by atoms with Gasteiger partial charge < -0.3 is 10.4 Å². The highest BCUT2D eigenvalue weighted by Gasteiger charge is 2.38. The molecule has 17 heavy (non-hydrogen) atoms. The number of carbonyl (C=O) groups excluding carboxylic acids is 1. The van der Waals surface area contributed by atoms with Crippen LogP contribution in [0.5, 0.6) is 0 Å². The van der Waals surface area contributed by atoms with Crippen molar-refractivity contribution in [3.8, 4) is 0 Å². The second-order valence-electron chi connectivity index (χ2n) is 4.37. The van der Waals surface area contributed by atoms with Crippen molar-refractivity contribution in [1.82, 2.24) is 5.32 Å². The molecule has 0 heterocycles. The molecule has 92 valence electrons. The fourth-order valence-corrected chi connectivity index (χ4v) is 2.24. The van der Waals surface area contributed by atoms with Crippen molar-refractivity contribution in [3.63, 3.8) is 0 Å². The Bertz CT molecular complexity index is 441. The average Bonchev–Trinajstić information content (AvgIpc) is 2.23. The SMILES string of the molecule is O=C(NC1(CO)CCC1)c1ccc(Br)cc1F. The van der Waals surface area contributed by atoms with Gasteiger partial charge in [-0.2, -0.15) is 0 Å². The maximum absolute atomic E-state index is 13.5. The Labute approximate surface area is 107 Å². The molecular formula is C12H13BrFNO2. The van der Waals surface area contributed by atoms with Gasteiger partial charge in [-0.25, -0.2) is 4.39 Å². The van der Waals surface area contributed by atoms with Crippen LogP contribution in [0, 0.1) is 5.82 Å². The van der Waals surface area contributed by atoms with E-state index in [1.165, 1.54) is 12.1 Å². The standard InChI is InChI=1S/C12H13BrFNO2/c13-8-2-3-9(10(14)6-8)11(17)15-12(7-16)4-1-5-12/h2-3,6,16H,1,4-5,7H2,(H,15,17). The summed E-state index contributed by atoms with van der Waals surface area (Å²) in [6.07, 6.45) is 2.46. The smallest absolute Gasteiger partial charge is 0.254 e. The van der Waals surface area contributed by atoms with Gasteiger partial charge in [-0.15, -0.1) is 0 Å². The van der Waals surface area contributed by atoms with E-state index < -0.39 is 17.3 Å². The molecule has 1 amide bonds. The predicted octanol–water partition coefficient (Wildman–Crippen LogP) is 2.23. The monoisotopic (exact) mass is 301 g/mol. The van der Waals surface area contributed by atoms with Crippen LogP contribution in [-0.4, -0.2) is 23.2 Å². The molecule has 1 aliphatic rings. The quantitative estimate of drug-likeness (QED) is 0.899. The normalized spacial score (nSPS) is 17.4. The molecular weight excluding hydrogens is 289 g/mol. The molecule has 5 heteroatoms. The molecule has 0 atom stereocenters. The van der Waals surface area contributed by atoms with Crippen LogP contribution in [0.25, 0.3) is 0 Å². The van der Waals surface area contributed by atoms with Crippen molar-refractivity contribution in [1.29, 1.82) is 0 Å². The summed E-state index contributed by atoms with van der Waals surface area (Å²) in [5.74, 6) is -1.03. The maximum atomic E-state index is 13.5. The largest absolute Gasteiger partial charge is 0.394 e. The molecule has 0 saturated heterocycles. The Morgan fingerprint density at radius 1 is 1.53 bits per heavy atom. The van der Waals surface area contributed by atoms with Crippen LogP contribution in [0.4, 0.5) is 4.39 Å². The number of benzene rings is 1. The molecule has 0 aromatic heterocycles. The van der Waals surface area contributed by atoms with Gasteiger partial charge in [0, 0.05) is 4.47 Å². The van der Waals surface area contributed by atoms with Crippen molar-refractivity contribution in [2.75, 3.05) is 6.61 Å². The molecule has 0 unspecified atom stereocenters. The Balaban J connectivity index is 2.14. The van der Waals surface area contributed by atoms with Crippen LogP contribution >= 0.6 is 15.9 Å². The number of hydrogen-bond acceptors (Lipinski definition) is 2. The van der Waals surface area contributed by atoms with E-state index in [1.54, 1.807) is 6.07 Å². The summed E-state index contributed by atoms with van der Waals surface area (Å²) in [6.45, 7) is -0.100. The summed E-state index contributed by atoms with van der Waals surface area (Å²) in [7, 11) is 0. The molecule has 3 nitrogen and oxygen atoms in total. The Morgan fingerprint density at radius 3 is 2.71 bits per heavy atom. The molecule has 2 rings (SSSR count). The Morgan fingerprint density at radius 2 is 2.24 bits per heavy atom. The Hall–Kier alpha value is -0.940. The fraction of sp³-hybridized carbons (Fsp3) is 0.417. The van der Waals surface area contributed by atoms with Gasteiger partial charge in [0.05, 0.1) is 17.7 Å². The van der Waals surface area contributed by atoms with Crippen molar-refractivity contribution in [2.45, 2.75) is 24.8 Å². The van der Waals surface area contributed by atoms with Gasteiger partial charge in [-0.05, 0) is 37.5 Å². The van der Waals surface area contributed by atoms with E-state index >= 15 is 0 Å². The van der Waals surface area contributed by atoms with E-state index in [4.69, 9.17) is 0 Å². The van der Waals surface area contributed by atoms with E-state index in [0.29, 0.717) is 4.47 Å². The number of halogens is 2. The third kappa shape index (κ3) is 2.50. The van der Waals surface area contributed by atoms with E-state index in [0.717, 1.165) is 19.3 Å². The molecule has 1 aromatic rings. The van der Waals surface area contributed by atoms with E-state index in [-0.39, 0.29) is 12.2 Å². The van der Waals surface area contributed by atoms with Gasteiger partial charge in [-0.3, -0.25) is 4.79 Å². The molecule has 2 N–H and O–H groups in total. The van der Waals surface area contributed by atoms with Gasteiger partial charge in [0.2, 0.25) is 0 Å². The minimum Gasteiger partial charge on any atom is -0.394 e. The minimum absolute atomic E-state index is 0.00734. The van der Waals surface area contributed by atoms with Crippen LogP contribution in [-0.2, 0) is 0 Å². The molecule has 1 aromatic carbocycles. The zero-order chi connectivity index (χ0) is 12.5. The maximum Gasteiger partial charge on any atom is 0.254 e. The highest BCUT2D eigenvalue weighted by Crippen LogP contribution is 2.31. The summed E-state index contributed by atoms with van der Waals surface area (Å²) < 4.78 is 14.1. The number of hydrogen-bond donors (Lipinski definition) is 2. The lowest BCUT2D eigenvalue weighted by atomic mass is 9.77. The van der Waals surface area contributed by atoms with Crippen LogP contribution in [0.15, 0.2) is 22.7 Å². The zero-order valence-corrected chi connectivity index (χ0v) is 10.8. The van der Waals surface area contributed by atoms with Gasteiger partial charge in [0.1, 0.15) is 5.82 Å². The van der Waals surface area contributed by atoms with E-state index in [2.05, 4.69) is 21.2 Å². The van der Waals surface area contributed by atoms with E-state index in [1.807, 2.05) is 0 Å². The Kier molecular flexibility index (Phi) is 3.49. The lowest BCUT2D eigenvalue weighted by molar-refractivity contribution is 0.0638. The molecule has 1 fully saturated rings. The van der Waals surface area contributed by atoms with Gasteiger partial charge >= 0.3 is 0 Å². The average molecular weight is 302 g/mol. The number of aliphatic hydroxyl groups is 1. The summed E-state index contributed by atoms with van der Waals surface area (Å²) in [6, 6.07) is 4.30. The van der Waals surface area contributed by atoms with Crippen molar-refractivity contribution < 1.29 is 14.3 Å². The highest BCUT2D eigenvalue weighted by atomic mass is 79.9. The second-order valence-corrected chi connectivity index (χ2v) is 5.29. The minimum atomic E-state index is -0.565. The van der Waals surface area contributed by atoms with Crippen molar-refractivity contribution in [2.24, 2.45) is 0 Å². The second kappa shape index (κ2) is 4.74. The fourth-order valence-electron chi connectivity index (χ4n) is 1.91. The van der Waals surface area contributed by atoms with Crippen molar-refractivity contribution >= 4 is 21.8 Å². The lowest BCUT2D eigenvalue weighted by Gasteiger charge is -2.40. The number of aliphatic hydroxyl groups excluding tert-OH is 1. The molecule has 0 radical (unpaired) electrons. The van der Waals surface area contributed by atoms with Crippen LogP contribution in [0.2, 0.25) is 0 Å². The summed E-state index contributed by atoms with van der Waals surface area (Å²) in [5.41, 5.74) is -0.538. The first-order valence-electron chi connectivity index (χ1n) is 5.45. The number of carbonyl (C=O) groups is 1. The van der Waals surface area contributed by atoms with Gasteiger partial charge in [-0.1, -0.05) is 15.9 Å². The van der Waals surface area contributed by atoms with E-state index in [9.17, 15) is 14.3 Å². The van der Waals surface area contributed by atoms with Gasteiger partial charge in [0.15, 0.2) is 0 Å². The molecule has 0 spiro atoms. The highest BCUT2D eigenvalue weighted by molar-refractivity contribution is 9.10. The summed E-state index contributed by atoms with van der Waals surface area (Å²) in [4.78, 5) is 11.9. The summed E-state index contributed by atoms with van der Waals surface area (Å²) in [5, 5.41) is 11.9. The number of rotatable bonds is 3. The van der Waals surface area contributed by atoms with Crippen LogP contribution < -0.4 is 5.32 Å². The third-order valence-corrected chi connectivity index (χ3v) is 3.66. The number of amides is 1. The van der Waals surface area contributed by atoms with Crippen LogP contribution in [0.1, 0.15) is 29.6 Å². The molecule has 1 aliphatic carbocycles. The first-order valence-corrected chi connectivity index (χ1v) is 6.24. The summed E-state index contributed by atoms with van der Waals surface area (Å²) >= 11 is 3.13. The first kappa shape index (κ1) is 12.5. The predicted molar refractivity (Wildman–Crippen MR) is 65.2 cm³/mol.